The van der Waals surface area contributed by atoms with Crippen LogP contribution in [0.25, 0.3) is 0 Å². The summed E-state index contributed by atoms with van der Waals surface area (Å²) in [6.07, 6.45) is 3.52. The van der Waals surface area contributed by atoms with E-state index >= 15 is 0 Å². The van der Waals surface area contributed by atoms with E-state index < -0.39 is 8.07 Å². The smallest absolute Gasteiger partial charge is 0.0775 e. The van der Waals surface area contributed by atoms with Crippen molar-refractivity contribution in [2.75, 3.05) is 19.6 Å². The number of nitrogens with zero attached hydrogens (tertiary/aromatic N) is 1. The molecule has 0 bridgehead atoms. The lowest BCUT2D eigenvalue weighted by molar-refractivity contribution is -0.0746. The quantitative estimate of drug-likeness (QED) is 0.777. The van der Waals surface area contributed by atoms with Gasteiger partial charge in [0.15, 0.2) is 0 Å². The monoisotopic (exact) mass is 331 g/mol. The molecule has 0 N–H and O–H groups in total. The number of hydrogen-bond acceptors (Lipinski definition) is 2. The molecule has 0 spiro atoms. The van der Waals surface area contributed by atoms with Gasteiger partial charge >= 0.3 is 0 Å². The van der Waals surface area contributed by atoms with Crippen molar-refractivity contribution in [1.29, 1.82) is 0 Å². The predicted molar refractivity (Wildman–Crippen MR) is 101 cm³/mol. The third-order valence-electron chi connectivity index (χ3n) is 5.50. The van der Waals surface area contributed by atoms with Crippen LogP contribution in [0.1, 0.15) is 38.2 Å². The fourth-order valence-electron chi connectivity index (χ4n) is 4.21. The molecule has 2 nitrogen and oxygen atoms in total. The highest BCUT2D eigenvalue weighted by molar-refractivity contribution is 6.88. The Hall–Kier alpha value is -0.643. The van der Waals surface area contributed by atoms with Crippen LogP contribution < -0.4 is 5.19 Å². The fourth-order valence-corrected chi connectivity index (χ4v) is 5.38. The highest BCUT2D eigenvalue weighted by Crippen LogP contribution is 2.42. The molecule has 1 aliphatic heterocycles. The molecule has 1 saturated carbocycles. The van der Waals surface area contributed by atoms with Gasteiger partial charge in [-0.25, -0.2) is 0 Å². The molecule has 0 amide bonds. The number of hydrogen-bond donors (Lipinski definition) is 0. The van der Waals surface area contributed by atoms with Crippen LogP contribution in [0.3, 0.4) is 0 Å². The van der Waals surface area contributed by atoms with Crippen LogP contribution in [-0.4, -0.2) is 44.8 Å². The van der Waals surface area contributed by atoms with E-state index in [1.807, 2.05) is 0 Å². The molecule has 3 rings (SSSR count). The van der Waals surface area contributed by atoms with Crippen molar-refractivity contribution in [1.82, 2.24) is 4.90 Å². The van der Waals surface area contributed by atoms with Crippen molar-refractivity contribution in [3.8, 4) is 0 Å². The minimum Gasteiger partial charge on any atom is -0.373 e. The van der Waals surface area contributed by atoms with Crippen LogP contribution in [0.2, 0.25) is 19.6 Å². The van der Waals surface area contributed by atoms with E-state index in [0.717, 1.165) is 24.9 Å². The summed E-state index contributed by atoms with van der Waals surface area (Å²) >= 11 is 0. The van der Waals surface area contributed by atoms with Gasteiger partial charge in [-0.3, -0.25) is 4.90 Å². The summed E-state index contributed by atoms with van der Waals surface area (Å²) in [6, 6.07) is 9.57. The molecule has 2 fully saturated rings. The zero-order valence-electron chi connectivity index (χ0n) is 15.5. The molecule has 1 aliphatic carbocycles. The fraction of sp³-hybridized carbons (Fsp3) is 0.700. The molecule has 2 aliphatic rings. The maximum atomic E-state index is 5.84. The molecule has 23 heavy (non-hydrogen) atoms. The largest absolute Gasteiger partial charge is 0.373 e. The SMILES string of the molecule is C[C@@H]1CN(CC2CC(c3ccc([Si](C)(C)C)cc3)C2)C[C@H](C)O1. The highest BCUT2D eigenvalue weighted by atomic mass is 28.3. The van der Waals surface area contributed by atoms with Gasteiger partial charge in [-0.05, 0) is 44.1 Å². The average Bonchev–Trinajstić information content (AvgIpc) is 2.40. The second kappa shape index (κ2) is 6.70. The molecule has 1 heterocycles. The Labute approximate surface area is 143 Å². The minimum atomic E-state index is -1.16. The van der Waals surface area contributed by atoms with Gasteiger partial charge in [0.2, 0.25) is 0 Å². The van der Waals surface area contributed by atoms with Gasteiger partial charge in [0.25, 0.3) is 0 Å². The van der Waals surface area contributed by atoms with Crippen LogP contribution in [-0.2, 0) is 4.74 Å². The summed E-state index contributed by atoms with van der Waals surface area (Å²) in [5.74, 6) is 1.68. The van der Waals surface area contributed by atoms with Crippen molar-refractivity contribution in [2.45, 2.75) is 64.5 Å². The molecule has 3 heteroatoms. The van der Waals surface area contributed by atoms with Gasteiger partial charge in [-0.1, -0.05) is 49.1 Å². The lowest BCUT2D eigenvalue weighted by Crippen LogP contribution is -2.48. The van der Waals surface area contributed by atoms with E-state index in [-0.39, 0.29) is 0 Å². The number of morpholine rings is 1. The molecule has 0 unspecified atom stereocenters. The lowest BCUT2D eigenvalue weighted by Gasteiger charge is -2.42. The summed E-state index contributed by atoms with van der Waals surface area (Å²) < 4.78 is 5.84. The maximum absolute atomic E-state index is 5.84. The topological polar surface area (TPSA) is 12.5 Å². The molecule has 0 aromatic heterocycles. The van der Waals surface area contributed by atoms with Crippen molar-refractivity contribution in [3.63, 3.8) is 0 Å². The number of benzene rings is 1. The van der Waals surface area contributed by atoms with Crippen molar-refractivity contribution in [3.05, 3.63) is 29.8 Å². The van der Waals surface area contributed by atoms with Gasteiger partial charge in [-0.15, -0.1) is 0 Å². The number of ether oxygens (including phenoxy) is 1. The van der Waals surface area contributed by atoms with E-state index in [2.05, 4.69) is 62.7 Å². The first kappa shape index (κ1) is 17.2. The average molecular weight is 332 g/mol. The summed E-state index contributed by atoms with van der Waals surface area (Å²) in [6.45, 7) is 15.1. The maximum Gasteiger partial charge on any atom is 0.0775 e. The molecule has 128 valence electrons. The van der Waals surface area contributed by atoms with E-state index in [0.29, 0.717) is 12.2 Å². The molecule has 0 radical (unpaired) electrons. The first-order chi connectivity index (χ1) is 10.8. The van der Waals surface area contributed by atoms with Gasteiger partial charge in [0.05, 0.1) is 20.3 Å². The van der Waals surface area contributed by atoms with Crippen LogP contribution in [0, 0.1) is 5.92 Å². The molecular weight excluding hydrogens is 298 g/mol. The Morgan fingerprint density at radius 1 is 1.00 bits per heavy atom. The summed E-state index contributed by atoms with van der Waals surface area (Å²) in [7, 11) is -1.16. The van der Waals surface area contributed by atoms with Crippen molar-refractivity contribution in [2.24, 2.45) is 5.92 Å². The van der Waals surface area contributed by atoms with Gasteiger partial charge in [-0.2, -0.15) is 0 Å². The number of rotatable bonds is 4. The molecule has 2 atom stereocenters. The van der Waals surface area contributed by atoms with Crippen molar-refractivity contribution < 1.29 is 4.74 Å². The first-order valence-electron chi connectivity index (χ1n) is 9.29. The summed E-state index contributed by atoms with van der Waals surface area (Å²) in [4.78, 5) is 2.62. The molecule has 1 aromatic carbocycles. The van der Waals surface area contributed by atoms with Crippen LogP contribution >= 0.6 is 0 Å². The van der Waals surface area contributed by atoms with E-state index in [1.54, 1.807) is 10.8 Å². The minimum absolute atomic E-state index is 0.392. The third kappa shape index (κ3) is 4.26. The Morgan fingerprint density at radius 2 is 1.57 bits per heavy atom. The molecule has 1 aromatic rings. The predicted octanol–water partition coefficient (Wildman–Crippen LogP) is 3.83. The normalized spacial score (nSPS) is 32.6. The van der Waals surface area contributed by atoms with Gasteiger partial charge in [0.1, 0.15) is 0 Å². The molecule has 1 saturated heterocycles. The van der Waals surface area contributed by atoms with Gasteiger partial charge in [0, 0.05) is 19.6 Å². The summed E-state index contributed by atoms with van der Waals surface area (Å²) in [5, 5.41) is 1.58. The Balaban J connectivity index is 1.49. The van der Waals surface area contributed by atoms with Crippen LogP contribution in [0.4, 0.5) is 0 Å². The van der Waals surface area contributed by atoms with E-state index in [9.17, 15) is 0 Å². The van der Waals surface area contributed by atoms with E-state index in [1.165, 1.54) is 19.4 Å². The Bertz CT molecular complexity index is 505. The second-order valence-electron chi connectivity index (χ2n) is 8.88. The standard InChI is InChI=1S/C20H33NOSi/c1-15-12-21(13-16(2)22-15)14-17-10-19(11-17)18-6-8-20(9-7-18)23(3,4)5/h6-9,15-17,19H,10-14H2,1-5H3/t15-,16+,17?,19?. The second-order valence-corrected chi connectivity index (χ2v) is 14.0. The summed E-state index contributed by atoms with van der Waals surface area (Å²) in [5.41, 5.74) is 1.56. The van der Waals surface area contributed by atoms with Gasteiger partial charge < -0.3 is 4.74 Å². The van der Waals surface area contributed by atoms with E-state index in [4.69, 9.17) is 4.74 Å². The Morgan fingerprint density at radius 3 is 2.09 bits per heavy atom. The van der Waals surface area contributed by atoms with Crippen LogP contribution in [0.15, 0.2) is 24.3 Å². The Kier molecular flexibility index (Phi) is 5.00. The lowest BCUT2D eigenvalue weighted by atomic mass is 9.71. The van der Waals surface area contributed by atoms with Crippen molar-refractivity contribution >= 4 is 13.3 Å². The molecular formula is C20H33NOSi. The zero-order valence-corrected chi connectivity index (χ0v) is 16.5. The zero-order chi connectivity index (χ0) is 16.6. The first-order valence-corrected chi connectivity index (χ1v) is 12.8. The third-order valence-corrected chi connectivity index (χ3v) is 7.56. The van der Waals surface area contributed by atoms with Crippen LogP contribution in [0.5, 0.6) is 0 Å². The highest BCUT2D eigenvalue weighted by Gasteiger charge is 2.33.